The predicted molar refractivity (Wildman–Crippen MR) is 75.5 cm³/mol. The Morgan fingerprint density at radius 1 is 1.35 bits per heavy atom. The molecule has 0 bridgehead atoms. The van der Waals surface area contributed by atoms with Crippen LogP contribution in [-0.2, 0) is 14.3 Å². The summed E-state index contributed by atoms with van der Waals surface area (Å²) in [6.07, 6.45) is 1.79. The molecular formula is C14H26N2O4. The highest BCUT2D eigenvalue weighted by Gasteiger charge is 2.28. The van der Waals surface area contributed by atoms with E-state index < -0.39 is 5.60 Å². The van der Waals surface area contributed by atoms with Crippen LogP contribution in [0.5, 0.6) is 0 Å². The first kappa shape index (κ1) is 16.8. The first-order valence-corrected chi connectivity index (χ1v) is 7.08. The summed E-state index contributed by atoms with van der Waals surface area (Å²) < 4.78 is 10.2. The molecule has 1 heterocycles. The Hall–Kier alpha value is -1.30. The van der Waals surface area contributed by atoms with E-state index in [2.05, 4.69) is 5.32 Å². The number of piperidine rings is 1. The van der Waals surface area contributed by atoms with Gasteiger partial charge in [-0.2, -0.15) is 0 Å². The van der Waals surface area contributed by atoms with Crippen molar-refractivity contribution in [1.82, 2.24) is 10.2 Å². The molecule has 1 atom stereocenters. The summed E-state index contributed by atoms with van der Waals surface area (Å²) in [5.74, 6) is -0.0390. The summed E-state index contributed by atoms with van der Waals surface area (Å²) >= 11 is 0. The normalized spacial score (nSPS) is 19.6. The number of ether oxygens (including phenoxy) is 2. The van der Waals surface area contributed by atoms with Crippen LogP contribution in [0.4, 0.5) is 4.79 Å². The Bertz CT molecular complexity index is 339. The maximum Gasteiger partial charge on any atom is 0.410 e. The van der Waals surface area contributed by atoms with Gasteiger partial charge in [-0.05, 0) is 33.6 Å². The minimum Gasteiger partial charge on any atom is -0.444 e. The zero-order chi connectivity index (χ0) is 15.2. The second-order valence-corrected chi connectivity index (χ2v) is 6.08. The summed E-state index contributed by atoms with van der Waals surface area (Å²) in [6.45, 7) is 7.14. The number of rotatable bonds is 4. The lowest BCUT2D eigenvalue weighted by atomic mass is 10.1. The SMILES string of the molecule is COCCC(=O)N[C@@H]1CCCN(C(=O)OC(C)(C)C)C1. The molecule has 0 unspecified atom stereocenters. The fourth-order valence-corrected chi connectivity index (χ4v) is 2.08. The smallest absolute Gasteiger partial charge is 0.410 e. The lowest BCUT2D eigenvalue weighted by molar-refractivity contribution is -0.123. The molecular weight excluding hydrogens is 260 g/mol. The molecule has 6 heteroatoms. The van der Waals surface area contributed by atoms with E-state index in [1.165, 1.54) is 0 Å². The first-order valence-electron chi connectivity index (χ1n) is 7.08. The molecule has 1 fully saturated rings. The molecule has 0 aromatic carbocycles. The standard InChI is InChI=1S/C14H26N2O4/c1-14(2,3)20-13(18)16-8-5-6-11(10-16)15-12(17)7-9-19-4/h11H,5-10H2,1-4H3,(H,15,17)/t11-/m1/s1. The van der Waals surface area contributed by atoms with Gasteiger partial charge >= 0.3 is 6.09 Å². The Morgan fingerprint density at radius 3 is 2.65 bits per heavy atom. The van der Waals surface area contributed by atoms with Crippen LogP contribution in [0.3, 0.4) is 0 Å². The van der Waals surface area contributed by atoms with Gasteiger partial charge in [0.15, 0.2) is 0 Å². The topological polar surface area (TPSA) is 67.9 Å². The molecule has 0 aromatic rings. The fourth-order valence-electron chi connectivity index (χ4n) is 2.08. The molecule has 0 saturated carbocycles. The highest BCUT2D eigenvalue weighted by atomic mass is 16.6. The maximum absolute atomic E-state index is 12.0. The number of nitrogens with zero attached hydrogens (tertiary/aromatic N) is 1. The van der Waals surface area contributed by atoms with E-state index in [4.69, 9.17) is 9.47 Å². The zero-order valence-corrected chi connectivity index (χ0v) is 12.9. The molecule has 1 rings (SSSR count). The summed E-state index contributed by atoms with van der Waals surface area (Å²) in [5.41, 5.74) is -0.494. The van der Waals surface area contributed by atoms with E-state index >= 15 is 0 Å². The van der Waals surface area contributed by atoms with Crippen molar-refractivity contribution in [3.05, 3.63) is 0 Å². The number of methoxy groups -OCH3 is 1. The van der Waals surface area contributed by atoms with Crippen LogP contribution in [0, 0.1) is 0 Å². The molecule has 0 aliphatic carbocycles. The Kier molecular flexibility index (Phi) is 6.26. The monoisotopic (exact) mass is 286 g/mol. The van der Waals surface area contributed by atoms with E-state index in [-0.39, 0.29) is 18.0 Å². The highest BCUT2D eigenvalue weighted by Crippen LogP contribution is 2.15. The maximum atomic E-state index is 12.0. The average molecular weight is 286 g/mol. The quantitative estimate of drug-likeness (QED) is 0.851. The minimum absolute atomic E-state index is 0.000578. The van der Waals surface area contributed by atoms with E-state index in [0.717, 1.165) is 12.8 Å². The van der Waals surface area contributed by atoms with Gasteiger partial charge < -0.3 is 19.7 Å². The molecule has 0 spiro atoms. The third-order valence-electron chi connectivity index (χ3n) is 2.97. The van der Waals surface area contributed by atoms with Crippen LogP contribution in [0.1, 0.15) is 40.0 Å². The Morgan fingerprint density at radius 2 is 2.05 bits per heavy atom. The molecule has 6 nitrogen and oxygen atoms in total. The number of hydrogen-bond donors (Lipinski definition) is 1. The van der Waals surface area contributed by atoms with Crippen LogP contribution < -0.4 is 5.32 Å². The van der Waals surface area contributed by atoms with E-state index in [9.17, 15) is 9.59 Å². The summed E-state index contributed by atoms with van der Waals surface area (Å²) in [5, 5.41) is 2.93. The lowest BCUT2D eigenvalue weighted by Gasteiger charge is -2.34. The zero-order valence-electron chi connectivity index (χ0n) is 12.9. The van der Waals surface area contributed by atoms with Gasteiger partial charge in [-0.3, -0.25) is 4.79 Å². The van der Waals surface area contributed by atoms with Crippen molar-refractivity contribution in [1.29, 1.82) is 0 Å². The van der Waals surface area contributed by atoms with Crippen LogP contribution in [-0.4, -0.2) is 55.3 Å². The van der Waals surface area contributed by atoms with Crippen molar-refractivity contribution in [2.24, 2.45) is 0 Å². The average Bonchev–Trinajstić information content (AvgIpc) is 2.34. The lowest BCUT2D eigenvalue weighted by Crippen LogP contribution is -2.50. The predicted octanol–water partition coefficient (Wildman–Crippen LogP) is 1.54. The Balaban J connectivity index is 2.42. The molecule has 2 amide bonds. The fraction of sp³-hybridized carbons (Fsp3) is 0.857. The number of carbonyl (C=O) groups excluding carboxylic acids is 2. The number of nitrogens with one attached hydrogen (secondary N) is 1. The van der Waals surface area contributed by atoms with E-state index in [0.29, 0.717) is 26.1 Å². The van der Waals surface area contributed by atoms with Crippen molar-refractivity contribution in [2.45, 2.75) is 51.7 Å². The molecule has 1 aliphatic heterocycles. The van der Waals surface area contributed by atoms with E-state index in [1.807, 2.05) is 20.8 Å². The van der Waals surface area contributed by atoms with Gasteiger partial charge in [-0.25, -0.2) is 4.79 Å². The Labute approximate surface area is 120 Å². The molecule has 0 aromatic heterocycles. The third-order valence-corrected chi connectivity index (χ3v) is 2.97. The van der Waals surface area contributed by atoms with Crippen LogP contribution in [0.15, 0.2) is 0 Å². The summed E-state index contributed by atoms with van der Waals surface area (Å²) in [6, 6.07) is 0.000578. The number of carbonyl (C=O) groups is 2. The summed E-state index contributed by atoms with van der Waals surface area (Å²) in [4.78, 5) is 25.3. The van der Waals surface area contributed by atoms with Crippen LogP contribution >= 0.6 is 0 Å². The number of likely N-dealkylation sites (tertiary alicyclic amines) is 1. The van der Waals surface area contributed by atoms with Gasteiger partial charge in [0.2, 0.25) is 5.91 Å². The second kappa shape index (κ2) is 7.47. The van der Waals surface area contributed by atoms with Gasteiger partial charge in [-0.15, -0.1) is 0 Å². The molecule has 1 saturated heterocycles. The largest absolute Gasteiger partial charge is 0.444 e. The van der Waals surface area contributed by atoms with E-state index in [1.54, 1.807) is 12.0 Å². The summed E-state index contributed by atoms with van der Waals surface area (Å²) in [7, 11) is 1.57. The van der Waals surface area contributed by atoms with Gasteiger partial charge in [0.1, 0.15) is 5.60 Å². The van der Waals surface area contributed by atoms with Gasteiger partial charge in [-0.1, -0.05) is 0 Å². The van der Waals surface area contributed by atoms with Crippen molar-refractivity contribution in [3.8, 4) is 0 Å². The number of amides is 2. The van der Waals surface area contributed by atoms with Crippen molar-refractivity contribution in [2.75, 3.05) is 26.8 Å². The third kappa shape index (κ3) is 6.23. The van der Waals surface area contributed by atoms with Crippen molar-refractivity contribution >= 4 is 12.0 Å². The second-order valence-electron chi connectivity index (χ2n) is 6.08. The number of hydrogen-bond acceptors (Lipinski definition) is 4. The van der Waals surface area contributed by atoms with Gasteiger partial charge in [0.25, 0.3) is 0 Å². The minimum atomic E-state index is -0.494. The van der Waals surface area contributed by atoms with Crippen LogP contribution in [0.2, 0.25) is 0 Å². The molecule has 1 N–H and O–H groups in total. The molecule has 20 heavy (non-hydrogen) atoms. The molecule has 0 radical (unpaired) electrons. The first-order chi connectivity index (χ1) is 9.31. The molecule has 1 aliphatic rings. The van der Waals surface area contributed by atoms with Gasteiger partial charge in [0, 0.05) is 32.7 Å². The van der Waals surface area contributed by atoms with Gasteiger partial charge in [0.05, 0.1) is 6.61 Å². The molecule has 116 valence electrons. The highest BCUT2D eigenvalue weighted by molar-refractivity contribution is 5.76. The van der Waals surface area contributed by atoms with Crippen molar-refractivity contribution < 1.29 is 19.1 Å². The van der Waals surface area contributed by atoms with Crippen LogP contribution in [0.25, 0.3) is 0 Å². The van der Waals surface area contributed by atoms with Crippen molar-refractivity contribution in [3.63, 3.8) is 0 Å².